The molecule has 0 heterocycles. The first-order chi connectivity index (χ1) is 7.58. The Kier molecular flexibility index (Phi) is 5.33. The predicted molar refractivity (Wildman–Crippen MR) is 67.8 cm³/mol. The molecule has 1 N–H and O–H groups in total. The summed E-state index contributed by atoms with van der Waals surface area (Å²) < 4.78 is 0. The fourth-order valence-electron chi connectivity index (χ4n) is 1.47. The van der Waals surface area contributed by atoms with Gasteiger partial charge in [0.15, 0.2) is 0 Å². The van der Waals surface area contributed by atoms with Gasteiger partial charge in [0.1, 0.15) is 0 Å². The molecule has 1 aromatic carbocycles. The zero-order chi connectivity index (χ0) is 12.0. The van der Waals surface area contributed by atoms with E-state index in [-0.39, 0.29) is 11.3 Å². The van der Waals surface area contributed by atoms with E-state index < -0.39 is 0 Å². The van der Waals surface area contributed by atoms with Gasteiger partial charge in [0.25, 0.3) is 0 Å². The SMILES string of the molecule is Cc1cccc(CCC(=O)NCC(C)Cl)c1. The van der Waals surface area contributed by atoms with E-state index in [1.807, 2.05) is 19.1 Å². The predicted octanol–water partition coefficient (Wildman–Crippen LogP) is 2.67. The third-order valence-corrected chi connectivity index (χ3v) is 2.46. The molecule has 0 aliphatic rings. The minimum Gasteiger partial charge on any atom is -0.355 e. The highest BCUT2D eigenvalue weighted by molar-refractivity contribution is 6.20. The summed E-state index contributed by atoms with van der Waals surface area (Å²) in [6.07, 6.45) is 1.30. The van der Waals surface area contributed by atoms with Crippen LogP contribution in [0, 0.1) is 6.92 Å². The van der Waals surface area contributed by atoms with Crippen molar-refractivity contribution in [2.24, 2.45) is 0 Å². The molecule has 1 rings (SSSR count). The Morgan fingerprint density at radius 1 is 1.50 bits per heavy atom. The van der Waals surface area contributed by atoms with Gasteiger partial charge in [-0.25, -0.2) is 0 Å². The van der Waals surface area contributed by atoms with E-state index in [9.17, 15) is 4.79 Å². The van der Waals surface area contributed by atoms with Gasteiger partial charge >= 0.3 is 0 Å². The first kappa shape index (κ1) is 13.0. The van der Waals surface area contributed by atoms with E-state index in [1.54, 1.807) is 0 Å². The van der Waals surface area contributed by atoms with Crippen molar-refractivity contribution < 1.29 is 4.79 Å². The number of halogens is 1. The van der Waals surface area contributed by atoms with E-state index in [0.29, 0.717) is 13.0 Å². The van der Waals surface area contributed by atoms with Gasteiger partial charge in [0.05, 0.1) is 0 Å². The lowest BCUT2D eigenvalue weighted by Crippen LogP contribution is -2.28. The van der Waals surface area contributed by atoms with Gasteiger partial charge in [-0.1, -0.05) is 29.8 Å². The molecule has 0 fully saturated rings. The van der Waals surface area contributed by atoms with E-state index in [0.717, 1.165) is 6.42 Å². The number of hydrogen-bond donors (Lipinski definition) is 1. The average Bonchev–Trinajstić information content (AvgIpc) is 2.23. The molecule has 0 bridgehead atoms. The molecule has 1 atom stereocenters. The first-order valence-electron chi connectivity index (χ1n) is 5.54. The van der Waals surface area contributed by atoms with Gasteiger partial charge in [-0.2, -0.15) is 0 Å². The molecule has 1 unspecified atom stereocenters. The lowest BCUT2D eigenvalue weighted by atomic mass is 10.1. The molecule has 0 radical (unpaired) electrons. The second kappa shape index (κ2) is 6.54. The van der Waals surface area contributed by atoms with Crippen LogP contribution in [-0.2, 0) is 11.2 Å². The van der Waals surface area contributed by atoms with Crippen molar-refractivity contribution in [3.05, 3.63) is 35.4 Å². The molecule has 0 spiro atoms. The van der Waals surface area contributed by atoms with Gasteiger partial charge in [-0.05, 0) is 25.8 Å². The van der Waals surface area contributed by atoms with Gasteiger partial charge < -0.3 is 5.32 Å². The Balaban J connectivity index is 2.31. The van der Waals surface area contributed by atoms with E-state index in [4.69, 9.17) is 11.6 Å². The number of alkyl halides is 1. The molecule has 0 aliphatic carbocycles. The average molecular weight is 240 g/mol. The highest BCUT2D eigenvalue weighted by Gasteiger charge is 2.03. The summed E-state index contributed by atoms with van der Waals surface area (Å²) in [6.45, 7) is 4.45. The van der Waals surface area contributed by atoms with Gasteiger partial charge in [-0.15, -0.1) is 11.6 Å². The Morgan fingerprint density at radius 3 is 2.88 bits per heavy atom. The number of benzene rings is 1. The molecule has 0 aromatic heterocycles. The fraction of sp³-hybridized carbons (Fsp3) is 0.462. The smallest absolute Gasteiger partial charge is 0.220 e. The summed E-state index contributed by atoms with van der Waals surface area (Å²) >= 11 is 5.75. The maximum atomic E-state index is 11.4. The van der Waals surface area contributed by atoms with Crippen LogP contribution in [0.3, 0.4) is 0 Å². The molecule has 1 aromatic rings. The molecular formula is C13H18ClNO. The van der Waals surface area contributed by atoms with E-state index >= 15 is 0 Å². The minimum atomic E-state index is -0.0112. The van der Waals surface area contributed by atoms with Crippen LogP contribution in [0.15, 0.2) is 24.3 Å². The van der Waals surface area contributed by atoms with E-state index in [2.05, 4.69) is 24.4 Å². The summed E-state index contributed by atoms with van der Waals surface area (Å²) in [5, 5.41) is 2.78. The van der Waals surface area contributed by atoms with Crippen molar-refractivity contribution in [2.75, 3.05) is 6.54 Å². The summed E-state index contributed by atoms with van der Waals surface area (Å²) in [5.41, 5.74) is 2.43. The number of amides is 1. The highest BCUT2D eigenvalue weighted by Crippen LogP contribution is 2.06. The zero-order valence-corrected chi connectivity index (χ0v) is 10.6. The quantitative estimate of drug-likeness (QED) is 0.787. The topological polar surface area (TPSA) is 29.1 Å². The third-order valence-electron chi connectivity index (χ3n) is 2.30. The standard InChI is InChI=1S/C13H18ClNO/c1-10-4-3-5-12(8-10)6-7-13(16)15-9-11(2)14/h3-5,8,11H,6-7,9H2,1-2H3,(H,15,16). The molecule has 0 saturated heterocycles. The monoisotopic (exact) mass is 239 g/mol. The van der Waals surface area contributed by atoms with Crippen LogP contribution in [0.1, 0.15) is 24.5 Å². The molecule has 16 heavy (non-hydrogen) atoms. The van der Waals surface area contributed by atoms with Crippen LogP contribution >= 0.6 is 11.6 Å². The Labute approximate surface area is 102 Å². The summed E-state index contributed by atoms with van der Waals surface area (Å²) in [7, 11) is 0. The van der Waals surface area contributed by atoms with Crippen molar-refractivity contribution in [3.63, 3.8) is 0 Å². The van der Waals surface area contributed by atoms with Crippen molar-refractivity contribution in [1.82, 2.24) is 5.32 Å². The van der Waals surface area contributed by atoms with Crippen molar-refractivity contribution in [3.8, 4) is 0 Å². The maximum absolute atomic E-state index is 11.4. The third kappa shape index (κ3) is 5.17. The van der Waals surface area contributed by atoms with Crippen LogP contribution in [0.4, 0.5) is 0 Å². The Hall–Kier alpha value is -1.02. The number of aryl methyl sites for hydroxylation is 2. The number of nitrogens with one attached hydrogen (secondary N) is 1. The molecule has 3 heteroatoms. The van der Waals surface area contributed by atoms with Crippen molar-refractivity contribution >= 4 is 17.5 Å². The Morgan fingerprint density at radius 2 is 2.25 bits per heavy atom. The first-order valence-corrected chi connectivity index (χ1v) is 5.98. The highest BCUT2D eigenvalue weighted by atomic mass is 35.5. The van der Waals surface area contributed by atoms with Crippen molar-refractivity contribution in [2.45, 2.75) is 32.1 Å². The van der Waals surface area contributed by atoms with Gasteiger partial charge in [0.2, 0.25) is 5.91 Å². The number of hydrogen-bond acceptors (Lipinski definition) is 1. The summed E-state index contributed by atoms with van der Waals surface area (Å²) in [5.74, 6) is 0.0639. The normalized spacial score (nSPS) is 12.2. The molecule has 1 amide bonds. The van der Waals surface area contributed by atoms with Crippen LogP contribution in [0.25, 0.3) is 0 Å². The van der Waals surface area contributed by atoms with Crippen molar-refractivity contribution in [1.29, 1.82) is 0 Å². The van der Waals surface area contributed by atoms with Gasteiger partial charge in [-0.3, -0.25) is 4.79 Å². The molecule has 0 aliphatic heterocycles. The second-order valence-electron chi connectivity index (χ2n) is 4.07. The molecule has 88 valence electrons. The summed E-state index contributed by atoms with van der Waals surface area (Å²) in [6, 6.07) is 8.23. The lowest BCUT2D eigenvalue weighted by Gasteiger charge is -2.06. The van der Waals surface area contributed by atoms with Crippen LogP contribution in [-0.4, -0.2) is 17.8 Å². The number of carbonyl (C=O) groups excluding carboxylic acids is 1. The summed E-state index contributed by atoms with van der Waals surface area (Å²) in [4.78, 5) is 11.4. The number of rotatable bonds is 5. The zero-order valence-electron chi connectivity index (χ0n) is 9.79. The fourth-order valence-corrected chi connectivity index (χ4v) is 1.55. The second-order valence-corrected chi connectivity index (χ2v) is 4.82. The van der Waals surface area contributed by atoms with Crippen LogP contribution < -0.4 is 5.32 Å². The minimum absolute atomic E-state index is 0.0112. The maximum Gasteiger partial charge on any atom is 0.220 e. The number of carbonyl (C=O) groups is 1. The largest absolute Gasteiger partial charge is 0.355 e. The van der Waals surface area contributed by atoms with Crippen LogP contribution in [0.2, 0.25) is 0 Å². The molecule has 0 saturated carbocycles. The molecular weight excluding hydrogens is 222 g/mol. The van der Waals surface area contributed by atoms with Crippen LogP contribution in [0.5, 0.6) is 0 Å². The van der Waals surface area contributed by atoms with E-state index in [1.165, 1.54) is 11.1 Å². The molecule has 2 nitrogen and oxygen atoms in total. The lowest BCUT2D eigenvalue weighted by molar-refractivity contribution is -0.121. The Bertz CT molecular complexity index is 350. The van der Waals surface area contributed by atoms with Gasteiger partial charge in [0, 0.05) is 18.3 Å².